The van der Waals surface area contributed by atoms with E-state index in [1.165, 1.54) is 18.4 Å². The van der Waals surface area contributed by atoms with Crippen LogP contribution in [0.4, 0.5) is 0 Å². The summed E-state index contributed by atoms with van der Waals surface area (Å²) in [4.78, 5) is 0. The molecular weight excluding hydrogens is 391 g/mol. The largest absolute Gasteiger partial charge is 0.530 e. The SMILES string of the molecule is CCOP(=O)(OCC)Oc1c(OC)cc2c(c1OC)[C@@H]1C[C@@H](CC[C@H]1C)C2(C)C. The molecule has 7 heteroatoms. The van der Waals surface area contributed by atoms with Crippen molar-refractivity contribution >= 4 is 7.82 Å². The molecule has 0 aliphatic heterocycles. The molecule has 0 spiro atoms. The highest BCUT2D eigenvalue weighted by molar-refractivity contribution is 7.48. The molecule has 0 heterocycles. The van der Waals surface area contributed by atoms with Crippen LogP contribution in [0, 0.1) is 11.8 Å². The molecule has 29 heavy (non-hydrogen) atoms. The first-order chi connectivity index (χ1) is 13.7. The van der Waals surface area contributed by atoms with Gasteiger partial charge in [-0.15, -0.1) is 0 Å². The van der Waals surface area contributed by atoms with Gasteiger partial charge in [0.25, 0.3) is 0 Å². The molecule has 1 saturated carbocycles. The van der Waals surface area contributed by atoms with Crippen LogP contribution in [0.3, 0.4) is 0 Å². The van der Waals surface area contributed by atoms with Crippen molar-refractivity contribution in [2.24, 2.45) is 11.8 Å². The minimum Gasteiger partial charge on any atom is -0.493 e. The zero-order chi connectivity index (χ0) is 21.4. The molecule has 6 nitrogen and oxygen atoms in total. The summed E-state index contributed by atoms with van der Waals surface area (Å²) in [6, 6.07) is 2.03. The normalized spacial score (nSPS) is 25.3. The van der Waals surface area contributed by atoms with Gasteiger partial charge < -0.3 is 14.0 Å². The van der Waals surface area contributed by atoms with Crippen LogP contribution in [-0.4, -0.2) is 27.4 Å². The van der Waals surface area contributed by atoms with Crippen LogP contribution >= 0.6 is 7.82 Å². The Morgan fingerprint density at radius 3 is 2.28 bits per heavy atom. The number of hydrogen-bond donors (Lipinski definition) is 0. The van der Waals surface area contributed by atoms with Gasteiger partial charge in [-0.1, -0.05) is 20.8 Å². The van der Waals surface area contributed by atoms with Crippen LogP contribution in [0.25, 0.3) is 0 Å². The van der Waals surface area contributed by atoms with Crippen molar-refractivity contribution in [1.29, 1.82) is 0 Å². The lowest BCUT2D eigenvalue weighted by Gasteiger charge is -2.50. The number of ether oxygens (including phenoxy) is 2. The third kappa shape index (κ3) is 3.92. The van der Waals surface area contributed by atoms with E-state index in [2.05, 4.69) is 20.8 Å². The van der Waals surface area contributed by atoms with Crippen molar-refractivity contribution < 1.29 is 27.6 Å². The first-order valence-corrected chi connectivity index (χ1v) is 12.1. The van der Waals surface area contributed by atoms with Gasteiger partial charge in [0.2, 0.25) is 5.75 Å². The number of phosphoric acid groups is 1. The van der Waals surface area contributed by atoms with Crippen molar-refractivity contribution in [2.45, 2.75) is 65.2 Å². The van der Waals surface area contributed by atoms with Gasteiger partial charge in [-0.2, -0.15) is 0 Å². The van der Waals surface area contributed by atoms with Gasteiger partial charge >= 0.3 is 7.82 Å². The van der Waals surface area contributed by atoms with Crippen LogP contribution in [-0.2, 0) is 19.0 Å². The molecular formula is C22H35O6P. The van der Waals surface area contributed by atoms with Crippen LogP contribution in [0.15, 0.2) is 6.07 Å². The lowest BCUT2D eigenvalue weighted by Crippen LogP contribution is -2.41. The van der Waals surface area contributed by atoms with Gasteiger partial charge in [-0.05, 0) is 67.9 Å². The maximum atomic E-state index is 13.1. The van der Waals surface area contributed by atoms with Crippen LogP contribution in [0.5, 0.6) is 17.2 Å². The van der Waals surface area contributed by atoms with Crippen molar-refractivity contribution in [3.63, 3.8) is 0 Å². The van der Waals surface area contributed by atoms with E-state index in [1.807, 2.05) is 6.07 Å². The van der Waals surface area contributed by atoms with E-state index in [-0.39, 0.29) is 18.6 Å². The Balaban J connectivity index is 2.21. The second-order valence-corrected chi connectivity index (χ2v) is 10.2. The Hall–Kier alpha value is -1.23. The fourth-order valence-corrected chi connectivity index (χ4v) is 6.30. The molecule has 1 fully saturated rings. The summed E-state index contributed by atoms with van der Waals surface area (Å²) in [6.07, 6.45) is 3.55. The Labute approximate surface area is 174 Å². The smallest absolute Gasteiger partial charge is 0.493 e. The molecule has 0 saturated heterocycles. The van der Waals surface area contributed by atoms with E-state index in [4.69, 9.17) is 23.0 Å². The van der Waals surface area contributed by atoms with E-state index in [0.717, 1.165) is 12.0 Å². The Kier molecular flexibility index (Phi) is 6.57. The average molecular weight is 426 g/mol. The van der Waals surface area contributed by atoms with E-state index in [0.29, 0.717) is 35.0 Å². The topological polar surface area (TPSA) is 63.2 Å². The van der Waals surface area contributed by atoms with E-state index < -0.39 is 7.82 Å². The number of methoxy groups -OCH3 is 2. The first kappa shape index (κ1) is 22.5. The summed E-state index contributed by atoms with van der Waals surface area (Å²) < 4.78 is 41.3. The molecule has 2 bridgehead atoms. The molecule has 0 unspecified atom stereocenters. The highest BCUT2D eigenvalue weighted by Gasteiger charge is 2.48. The van der Waals surface area contributed by atoms with Crippen molar-refractivity contribution in [2.75, 3.05) is 27.4 Å². The zero-order valence-corrected chi connectivity index (χ0v) is 19.6. The predicted molar refractivity (Wildman–Crippen MR) is 113 cm³/mol. The summed E-state index contributed by atoms with van der Waals surface area (Å²) in [5.74, 6) is 2.91. The average Bonchev–Trinajstić information content (AvgIpc) is 2.67. The van der Waals surface area contributed by atoms with Gasteiger partial charge in [0.15, 0.2) is 11.5 Å². The molecule has 0 aromatic heterocycles. The summed E-state index contributed by atoms with van der Waals surface area (Å²) in [7, 11) is -0.583. The fourth-order valence-electron chi connectivity index (χ4n) is 5.09. The molecule has 0 radical (unpaired) electrons. The van der Waals surface area contributed by atoms with Gasteiger partial charge in [0.05, 0.1) is 27.4 Å². The highest BCUT2D eigenvalue weighted by atomic mass is 31.2. The summed E-state index contributed by atoms with van der Waals surface area (Å²) >= 11 is 0. The number of hydrogen-bond acceptors (Lipinski definition) is 6. The molecule has 3 atom stereocenters. The van der Waals surface area contributed by atoms with Crippen molar-refractivity contribution in [3.8, 4) is 17.2 Å². The minimum atomic E-state index is -3.79. The Morgan fingerprint density at radius 1 is 1.07 bits per heavy atom. The predicted octanol–water partition coefficient (Wildman–Crippen LogP) is 6.07. The van der Waals surface area contributed by atoms with Crippen LogP contribution in [0.1, 0.15) is 70.9 Å². The molecule has 164 valence electrons. The monoisotopic (exact) mass is 426 g/mol. The molecule has 0 amide bonds. The van der Waals surface area contributed by atoms with Crippen molar-refractivity contribution in [3.05, 3.63) is 17.2 Å². The Morgan fingerprint density at radius 2 is 1.72 bits per heavy atom. The molecule has 1 aromatic rings. The molecule has 2 aliphatic rings. The summed E-state index contributed by atoms with van der Waals surface area (Å²) in [6.45, 7) is 10.8. The van der Waals surface area contributed by atoms with Gasteiger partial charge in [-0.25, -0.2) is 4.57 Å². The molecule has 0 N–H and O–H groups in total. The third-order valence-corrected chi connectivity index (χ3v) is 8.28. The summed E-state index contributed by atoms with van der Waals surface area (Å²) in [5, 5.41) is 0. The third-order valence-electron chi connectivity index (χ3n) is 6.72. The zero-order valence-electron chi connectivity index (χ0n) is 18.7. The maximum absolute atomic E-state index is 13.1. The highest BCUT2D eigenvalue weighted by Crippen LogP contribution is 2.62. The number of fused-ring (bicyclic) bond motifs is 4. The summed E-state index contributed by atoms with van der Waals surface area (Å²) in [5.41, 5.74) is 2.37. The minimum absolute atomic E-state index is 0.00536. The Bertz CT molecular complexity index is 780. The van der Waals surface area contributed by atoms with Gasteiger partial charge in [0, 0.05) is 5.56 Å². The van der Waals surface area contributed by atoms with Crippen LogP contribution in [0.2, 0.25) is 0 Å². The molecule has 2 aliphatic carbocycles. The van der Waals surface area contributed by atoms with Crippen molar-refractivity contribution in [1.82, 2.24) is 0 Å². The van der Waals surface area contributed by atoms with Gasteiger partial charge in [-0.3, -0.25) is 9.05 Å². The number of benzene rings is 1. The second kappa shape index (κ2) is 8.49. The van der Waals surface area contributed by atoms with E-state index >= 15 is 0 Å². The number of rotatable bonds is 8. The molecule has 1 aromatic carbocycles. The standard InChI is InChI=1S/C22H35O6P/c1-8-26-29(23,27-9-2)28-20-18(24-6)13-17-19(21(20)25-7)16-12-15(22(17,4)5)11-10-14(16)3/h13-16H,8-12H2,1-7H3/t14-,15-,16-/m1/s1. The van der Waals surface area contributed by atoms with Crippen LogP contribution < -0.4 is 14.0 Å². The quantitative estimate of drug-likeness (QED) is 0.470. The second-order valence-electron chi connectivity index (χ2n) is 8.59. The maximum Gasteiger partial charge on any atom is 0.530 e. The van der Waals surface area contributed by atoms with E-state index in [9.17, 15) is 4.57 Å². The lowest BCUT2D eigenvalue weighted by molar-refractivity contribution is 0.147. The van der Waals surface area contributed by atoms with E-state index in [1.54, 1.807) is 28.1 Å². The number of phosphoric ester groups is 1. The fraction of sp³-hybridized carbons (Fsp3) is 0.727. The van der Waals surface area contributed by atoms with Gasteiger partial charge in [0.1, 0.15) is 0 Å². The first-order valence-electron chi connectivity index (χ1n) is 10.6. The molecule has 3 rings (SSSR count). The lowest BCUT2D eigenvalue weighted by atomic mass is 9.55.